The molecule has 0 aromatic heterocycles. The van der Waals surface area contributed by atoms with Crippen molar-refractivity contribution in [2.24, 2.45) is 0 Å². The maximum atomic E-state index is 10.7. The summed E-state index contributed by atoms with van der Waals surface area (Å²) in [6, 6.07) is 3.00. The number of hydrogen-bond donors (Lipinski definition) is 1. The average Bonchev–Trinajstić information content (AvgIpc) is 2.16. The van der Waals surface area contributed by atoms with Gasteiger partial charge in [-0.1, -0.05) is 0 Å². The molecule has 0 unspecified atom stereocenters. The number of nitrogens with zero attached hydrogens (tertiary/aromatic N) is 2. The van der Waals surface area contributed by atoms with Gasteiger partial charge in [0.05, 0.1) is 15.9 Å². The minimum atomic E-state index is -0.793. The molecule has 8 nitrogen and oxygen atoms in total. The zero-order chi connectivity index (χ0) is 12.3. The molecule has 0 atom stereocenters. The molecule has 0 spiro atoms. The van der Waals surface area contributed by atoms with Crippen molar-refractivity contribution in [3.8, 4) is 0 Å². The third kappa shape index (κ3) is 2.50. The molecule has 1 N–H and O–H groups in total. The van der Waals surface area contributed by atoms with Crippen molar-refractivity contribution in [2.45, 2.75) is 6.92 Å². The van der Waals surface area contributed by atoms with Crippen LogP contribution in [0.5, 0.6) is 0 Å². The topological polar surface area (TPSA) is 115 Å². The summed E-state index contributed by atoms with van der Waals surface area (Å²) >= 11 is 0. The fourth-order valence-electron chi connectivity index (χ4n) is 1.08. The molecular weight excluding hydrogens is 218 g/mol. The van der Waals surface area contributed by atoms with Crippen molar-refractivity contribution in [3.63, 3.8) is 0 Å². The molecule has 84 valence electrons. The highest BCUT2D eigenvalue weighted by Crippen LogP contribution is 2.28. The van der Waals surface area contributed by atoms with Gasteiger partial charge >= 0.3 is 0 Å². The van der Waals surface area contributed by atoms with E-state index in [0.29, 0.717) is 0 Å². The SMILES string of the molecule is CC(=O)Nc1ccc([N+](=O)[O-])cc1[N+](=O)[O-]. The first kappa shape index (κ1) is 11.6. The summed E-state index contributed by atoms with van der Waals surface area (Å²) in [5, 5.41) is 23.2. The fourth-order valence-corrected chi connectivity index (χ4v) is 1.08. The Morgan fingerprint density at radius 1 is 1.25 bits per heavy atom. The maximum absolute atomic E-state index is 10.7. The smallest absolute Gasteiger partial charge is 0.299 e. The lowest BCUT2D eigenvalue weighted by molar-refractivity contribution is -0.393. The van der Waals surface area contributed by atoms with Gasteiger partial charge in [-0.25, -0.2) is 0 Å². The number of benzene rings is 1. The number of rotatable bonds is 3. The quantitative estimate of drug-likeness (QED) is 0.617. The van der Waals surface area contributed by atoms with E-state index in [1.54, 1.807) is 0 Å². The van der Waals surface area contributed by atoms with Crippen molar-refractivity contribution in [2.75, 3.05) is 5.32 Å². The van der Waals surface area contributed by atoms with Crippen molar-refractivity contribution in [1.29, 1.82) is 0 Å². The van der Waals surface area contributed by atoms with Gasteiger partial charge < -0.3 is 5.32 Å². The Kier molecular flexibility index (Phi) is 3.14. The molecule has 0 saturated carbocycles. The Hall–Kier alpha value is -2.51. The van der Waals surface area contributed by atoms with Crippen molar-refractivity contribution >= 4 is 23.0 Å². The molecule has 1 amide bonds. The third-order valence-corrected chi connectivity index (χ3v) is 1.70. The summed E-state index contributed by atoms with van der Waals surface area (Å²) in [6.45, 7) is 1.19. The van der Waals surface area contributed by atoms with Gasteiger partial charge in [-0.05, 0) is 6.07 Å². The van der Waals surface area contributed by atoms with E-state index < -0.39 is 27.1 Å². The Morgan fingerprint density at radius 2 is 1.88 bits per heavy atom. The van der Waals surface area contributed by atoms with Crippen LogP contribution in [0.4, 0.5) is 17.1 Å². The van der Waals surface area contributed by atoms with E-state index in [2.05, 4.69) is 5.32 Å². The van der Waals surface area contributed by atoms with Crippen molar-refractivity contribution < 1.29 is 14.6 Å². The van der Waals surface area contributed by atoms with E-state index in [0.717, 1.165) is 18.2 Å². The van der Waals surface area contributed by atoms with Crippen LogP contribution in [0.15, 0.2) is 18.2 Å². The number of carbonyl (C=O) groups excluding carboxylic acids is 1. The zero-order valence-corrected chi connectivity index (χ0v) is 8.17. The number of nitro groups is 2. The number of nitro benzene ring substituents is 2. The second-order valence-electron chi connectivity index (χ2n) is 2.90. The molecule has 8 heteroatoms. The average molecular weight is 225 g/mol. The molecule has 0 aliphatic heterocycles. The minimum Gasteiger partial charge on any atom is -0.321 e. The molecule has 0 saturated heterocycles. The predicted octanol–water partition coefficient (Wildman–Crippen LogP) is 1.46. The monoisotopic (exact) mass is 225 g/mol. The van der Waals surface area contributed by atoms with Gasteiger partial charge in [0.25, 0.3) is 11.4 Å². The number of carbonyl (C=O) groups is 1. The van der Waals surface area contributed by atoms with E-state index >= 15 is 0 Å². The fraction of sp³-hybridized carbons (Fsp3) is 0.125. The van der Waals surface area contributed by atoms with Gasteiger partial charge in [-0.2, -0.15) is 0 Å². The molecule has 0 aliphatic rings. The Morgan fingerprint density at radius 3 is 2.31 bits per heavy atom. The van der Waals surface area contributed by atoms with E-state index in [1.165, 1.54) is 6.92 Å². The highest BCUT2D eigenvalue weighted by Gasteiger charge is 2.19. The van der Waals surface area contributed by atoms with E-state index in [4.69, 9.17) is 0 Å². The molecule has 0 fully saturated rings. The second kappa shape index (κ2) is 4.34. The predicted molar refractivity (Wildman–Crippen MR) is 54.1 cm³/mol. The van der Waals surface area contributed by atoms with Gasteiger partial charge in [-0.3, -0.25) is 25.0 Å². The maximum Gasteiger partial charge on any atom is 0.299 e. The van der Waals surface area contributed by atoms with Crippen LogP contribution in [0.25, 0.3) is 0 Å². The summed E-state index contributed by atoms with van der Waals surface area (Å²) in [5.74, 6) is -0.489. The number of non-ortho nitro benzene ring substituents is 1. The van der Waals surface area contributed by atoms with Crippen LogP contribution in [0.2, 0.25) is 0 Å². The second-order valence-corrected chi connectivity index (χ2v) is 2.90. The van der Waals surface area contributed by atoms with Crippen molar-refractivity contribution in [1.82, 2.24) is 0 Å². The van der Waals surface area contributed by atoms with Gasteiger partial charge in [0.2, 0.25) is 5.91 Å². The molecular formula is C8H7N3O5. The van der Waals surface area contributed by atoms with E-state index in [9.17, 15) is 25.0 Å². The van der Waals surface area contributed by atoms with Crippen LogP contribution in [0.1, 0.15) is 6.92 Å². The van der Waals surface area contributed by atoms with Crippen LogP contribution >= 0.6 is 0 Å². The number of nitrogens with one attached hydrogen (secondary N) is 1. The third-order valence-electron chi connectivity index (χ3n) is 1.70. The summed E-state index contributed by atoms with van der Waals surface area (Å²) < 4.78 is 0. The summed E-state index contributed by atoms with van der Waals surface area (Å²) in [7, 11) is 0. The van der Waals surface area contributed by atoms with Crippen LogP contribution in [0.3, 0.4) is 0 Å². The van der Waals surface area contributed by atoms with Gasteiger partial charge in [-0.15, -0.1) is 0 Å². The summed E-state index contributed by atoms with van der Waals surface area (Å²) in [5.41, 5.74) is -0.978. The van der Waals surface area contributed by atoms with Gasteiger partial charge in [0, 0.05) is 13.0 Å². The normalized spacial score (nSPS) is 9.56. The molecule has 1 aromatic carbocycles. The zero-order valence-electron chi connectivity index (χ0n) is 8.17. The summed E-state index contributed by atoms with van der Waals surface area (Å²) in [6.07, 6.45) is 0. The first-order valence-corrected chi connectivity index (χ1v) is 4.12. The molecule has 0 aliphatic carbocycles. The number of hydrogen-bond acceptors (Lipinski definition) is 5. The van der Waals surface area contributed by atoms with Gasteiger partial charge in [0.1, 0.15) is 5.69 Å². The van der Waals surface area contributed by atoms with Crippen LogP contribution < -0.4 is 5.32 Å². The standard InChI is InChI=1S/C8H7N3O5/c1-5(12)9-7-3-2-6(10(13)14)4-8(7)11(15)16/h2-4H,1H3,(H,9,12). The largest absolute Gasteiger partial charge is 0.321 e. The van der Waals surface area contributed by atoms with Crippen molar-refractivity contribution in [3.05, 3.63) is 38.4 Å². The highest BCUT2D eigenvalue weighted by molar-refractivity contribution is 5.91. The van der Waals surface area contributed by atoms with Gasteiger partial charge in [0.15, 0.2) is 0 Å². The highest BCUT2D eigenvalue weighted by atomic mass is 16.6. The van der Waals surface area contributed by atoms with E-state index in [-0.39, 0.29) is 5.69 Å². The van der Waals surface area contributed by atoms with Crippen LogP contribution in [0, 0.1) is 20.2 Å². The van der Waals surface area contributed by atoms with Crippen LogP contribution in [-0.4, -0.2) is 15.8 Å². The molecule has 1 aromatic rings. The first-order chi connectivity index (χ1) is 7.41. The Bertz CT molecular complexity index is 471. The minimum absolute atomic E-state index is 0.0666. The molecule has 0 bridgehead atoms. The first-order valence-electron chi connectivity index (χ1n) is 4.12. The lowest BCUT2D eigenvalue weighted by atomic mass is 10.2. The molecule has 0 heterocycles. The Balaban J connectivity index is 3.24. The molecule has 16 heavy (non-hydrogen) atoms. The number of amides is 1. The lowest BCUT2D eigenvalue weighted by Crippen LogP contribution is -2.08. The van der Waals surface area contributed by atoms with Crippen LogP contribution in [-0.2, 0) is 4.79 Å². The lowest BCUT2D eigenvalue weighted by Gasteiger charge is -2.02. The Labute approximate surface area is 89.2 Å². The molecule has 1 rings (SSSR count). The van der Waals surface area contributed by atoms with E-state index in [1.807, 2.05) is 0 Å². The summed E-state index contributed by atoms with van der Waals surface area (Å²) in [4.78, 5) is 30.2. The molecule has 0 radical (unpaired) electrons. The number of anilines is 1.